The number of carbonyl (C=O) groups is 1. The molecular formula is C22H31ClF3N3O3S. The van der Waals surface area contributed by atoms with Crippen LogP contribution in [0.2, 0.25) is 5.02 Å². The minimum Gasteiger partial charge on any atom is -0.353 e. The topological polar surface area (TPSA) is 78.5 Å². The minimum atomic E-state index is -4.76. The van der Waals surface area contributed by atoms with Gasteiger partial charge < -0.3 is 10.6 Å². The van der Waals surface area contributed by atoms with Crippen molar-refractivity contribution < 1.29 is 26.4 Å². The fraction of sp³-hybridized carbons (Fsp3) is 0.682. The van der Waals surface area contributed by atoms with Crippen LogP contribution in [0.5, 0.6) is 0 Å². The standard InChI is InChI=1S/C22H31ClF3N3O3S/c1-20(2)12-15(13-21(3,4)28-20)27-19(30)14-7-9-29(10-8-14)33(31,32)16-5-6-18(23)17(11-16)22(24,25)26/h5-6,11,14-15,28H,7-10,12-13H2,1-4H3,(H,27,30). The van der Waals surface area contributed by atoms with Crippen molar-refractivity contribution in [1.29, 1.82) is 0 Å². The number of halogens is 4. The van der Waals surface area contributed by atoms with E-state index in [9.17, 15) is 26.4 Å². The van der Waals surface area contributed by atoms with E-state index in [1.54, 1.807) is 0 Å². The fourth-order valence-corrected chi connectivity index (χ4v) is 6.85. The summed E-state index contributed by atoms with van der Waals surface area (Å²) in [6.45, 7) is 8.50. The Kier molecular flexibility index (Phi) is 7.17. The van der Waals surface area contributed by atoms with Gasteiger partial charge in [0.05, 0.1) is 15.5 Å². The van der Waals surface area contributed by atoms with Crippen LogP contribution in [0.1, 0.15) is 58.9 Å². The summed E-state index contributed by atoms with van der Waals surface area (Å²) < 4.78 is 66.4. The number of hydrogen-bond donors (Lipinski definition) is 2. The molecule has 2 aliphatic rings. The summed E-state index contributed by atoms with van der Waals surface area (Å²) >= 11 is 5.61. The highest BCUT2D eigenvalue weighted by Crippen LogP contribution is 2.37. The molecular weight excluding hydrogens is 479 g/mol. The summed E-state index contributed by atoms with van der Waals surface area (Å²) in [6.07, 6.45) is -2.57. The first kappa shape index (κ1) is 26.2. The highest BCUT2D eigenvalue weighted by molar-refractivity contribution is 7.89. The van der Waals surface area contributed by atoms with E-state index >= 15 is 0 Å². The zero-order chi connectivity index (χ0) is 24.8. The van der Waals surface area contributed by atoms with Crippen molar-refractivity contribution in [1.82, 2.24) is 14.9 Å². The van der Waals surface area contributed by atoms with Crippen LogP contribution in [0.3, 0.4) is 0 Å². The van der Waals surface area contributed by atoms with E-state index in [2.05, 4.69) is 38.3 Å². The molecule has 0 spiro atoms. The maximum absolute atomic E-state index is 13.1. The molecule has 2 aliphatic heterocycles. The largest absolute Gasteiger partial charge is 0.417 e. The first-order valence-electron chi connectivity index (χ1n) is 11.0. The van der Waals surface area contributed by atoms with Crippen LogP contribution in [-0.4, -0.2) is 48.8 Å². The average Bonchev–Trinajstić information content (AvgIpc) is 2.64. The van der Waals surface area contributed by atoms with Gasteiger partial charge in [-0.2, -0.15) is 17.5 Å². The lowest BCUT2D eigenvalue weighted by Crippen LogP contribution is -2.62. The number of piperidine rings is 2. The van der Waals surface area contributed by atoms with E-state index in [4.69, 9.17) is 11.6 Å². The molecule has 1 aromatic carbocycles. The summed E-state index contributed by atoms with van der Waals surface area (Å²) in [5.41, 5.74) is -1.43. The van der Waals surface area contributed by atoms with Crippen LogP contribution in [0.25, 0.3) is 0 Å². The maximum Gasteiger partial charge on any atom is 0.417 e. The Morgan fingerprint density at radius 3 is 2.18 bits per heavy atom. The zero-order valence-electron chi connectivity index (χ0n) is 19.2. The van der Waals surface area contributed by atoms with E-state index in [1.165, 1.54) is 0 Å². The third-order valence-electron chi connectivity index (χ3n) is 6.24. The molecule has 2 N–H and O–H groups in total. The predicted octanol–water partition coefficient (Wildman–Crippen LogP) is 4.18. The molecule has 0 unspecified atom stereocenters. The fourth-order valence-electron chi connectivity index (χ4n) is 5.13. The molecule has 1 aromatic rings. The van der Waals surface area contributed by atoms with Gasteiger partial charge >= 0.3 is 6.18 Å². The molecule has 0 radical (unpaired) electrons. The quantitative estimate of drug-likeness (QED) is 0.638. The van der Waals surface area contributed by atoms with E-state index in [0.717, 1.165) is 29.3 Å². The average molecular weight is 510 g/mol. The van der Waals surface area contributed by atoms with Crippen LogP contribution < -0.4 is 10.6 Å². The van der Waals surface area contributed by atoms with Crippen molar-refractivity contribution in [3.05, 3.63) is 28.8 Å². The lowest BCUT2D eigenvalue weighted by atomic mass is 9.79. The van der Waals surface area contributed by atoms with Crippen molar-refractivity contribution in [2.75, 3.05) is 13.1 Å². The molecule has 3 rings (SSSR count). The second-order valence-electron chi connectivity index (χ2n) is 10.3. The second-order valence-corrected chi connectivity index (χ2v) is 12.7. The molecule has 0 bridgehead atoms. The molecule has 0 saturated carbocycles. The van der Waals surface area contributed by atoms with Gasteiger partial charge in [-0.05, 0) is 71.6 Å². The van der Waals surface area contributed by atoms with Crippen molar-refractivity contribution in [3.63, 3.8) is 0 Å². The predicted molar refractivity (Wildman–Crippen MR) is 120 cm³/mol. The molecule has 186 valence electrons. The molecule has 2 fully saturated rings. The maximum atomic E-state index is 13.1. The molecule has 0 aliphatic carbocycles. The molecule has 2 heterocycles. The minimum absolute atomic E-state index is 0.0142. The van der Waals surface area contributed by atoms with Gasteiger partial charge in [-0.3, -0.25) is 4.79 Å². The first-order valence-corrected chi connectivity index (χ1v) is 12.8. The number of alkyl halides is 3. The number of benzene rings is 1. The van der Waals surface area contributed by atoms with E-state index in [-0.39, 0.29) is 42.0 Å². The first-order chi connectivity index (χ1) is 15.0. The van der Waals surface area contributed by atoms with Gasteiger partial charge in [0.15, 0.2) is 0 Å². The summed E-state index contributed by atoms with van der Waals surface area (Å²) in [5, 5.41) is 6.14. The van der Waals surface area contributed by atoms with Gasteiger partial charge in [-0.15, -0.1) is 0 Å². The van der Waals surface area contributed by atoms with Crippen LogP contribution in [0.4, 0.5) is 13.2 Å². The number of nitrogens with zero attached hydrogens (tertiary/aromatic N) is 1. The van der Waals surface area contributed by atoms with Gasteiger partial charge in [0.2, 0.25) is 15.9 Å². The van der Waals surface area contributed by atoms with Crippen LogP contribution in [0.15, 0.2) is 23.1 Å². The van der Waals surface area contributed by atoms with Crippen LogP contribution in [0, 0.1) is 5.92 Å². The summed E-state index contributed by atoms with van der Waals surface area (Å²) in [4.78, 5) is 12.4. The molecule has 11 heteroatoms. The summed E-state index contributed by atoms with van der Waals surface area (Å²) in [5.74, 6) is -0.440. The highest BCUT2D eigenvalue weighted by atomic mass is 35.5. The number of sulfonamides is 1. The molecule has 6 nitrogen and oxygen atoms in total. The number of amides is 1. The normalized spacial score (nSPS) is 22.8. The molecule has 1 amide bonds. The third-order valence-corrected chi connectivity index (χ3v) is 8.47. The third kappa shape index (κ3) is 6.21. The number of nitrogens with one attached hydrogen (secondary N) is 2. The molecule has 2 saturated heterocycles. The highest BCUT2D eigenvalue weighted by Gasteiger charge is 2.40. The number of hydrogen-bond acceptors (Lipinski definition) is 4. The Hall–Kier alpha value is -1.36. The lowest BCUT2D eigenvalue weighted by molar-refractivity contribution is -0.137. The molecule has 33 heavy (non-hydrogen) atoms. The van der Waals surface area contributed by atoms with Crippen molar-refractivity contribution in [3.8, 4) is 0 Å². The Labute approximate surface area is 198 Å². The van der Waals surface area contributed by atoms with Crippen molar-refractivity contribution >= 4 is 27.5 Å². The SMILES string of the molecule is CC1(C)CC(NC(=O)C2CCN(S(=O)(=O)c3ccc(Cl)c(C(F)(F)F)c3)CC2)CC(C)(C)N1. The van der Waals surface area contributed by atoms with E-state index in [0.29, 0.717) is 18.9 Å². The van der Waals surface area contributed by atoms with Gasteiger partial charge in [0.1, 0.15) is 0 Å². The van der Waals surface area contributed by atoms with Crippen molar-refractivity contribution in [2.45, 2.75) is 81.6 Å². The van der Waals surface area contributed by atoms with Gasteiger partial charge in [-0.25, -0.2) is 8.42 Å². The van der Waals surface area contributed by atoms with E-state index in [1.807, 2.05) is 0 Å². The molecule has 0 atom stereocenters. The zero-order valence-corrected chi connectivity index (χ0v) is 20.8. The second kappa shape index (κ2) is 9.02. The Morgan fingerprint density at radius 2 is 1.67 bits per heavy atom. The molecule has 0 aromatic heterocycles. The monoisotopic (exact) mass is 509 g/mol. The Balaban J connectivity index is 1.64. The van der Waals surface area contributed by atoms with E-state index < -0.39 is 31.7 Å². The van der Waals surface area contributed by atoms with Crippen LogP contribution >= 0.6 is 11.6 Å². The Bertz CT molecular complexity index is 988. The number of rotatable bonds is 4. The summed E-state index contributed by atoms with van der Waals surface area (Å²) in [7, 11) is -4.13. The van der Waals surface area contributed by atoms with Crippen molar-refractivity contribution in [2.24, 2.45) is 5.92 Å². The Morgan fingerprint density at radius 1 is 1.12 bits per heavy atom. The number of carbonyl (C=O) groups excluding carboxylic acids is 1. The van der Waals surface area contributed by atoms with Gasteiger partial charge in [0.25, 0.3) is 0 Å². The van der Waals surface area contributed by atoms with Crippen LogP contribution in [-0.2, 0) is 21.0 Å². The smallest absolute Gasteiger partial charge is 0.353 e. The van der Waals surface area contributed by atoms with Gasteiger partial charge in [0, 0.05) is 36.1 Å². The lowest BCUT2D eigenvalue weighted by Gasteiger charge is -2.47. The summed E-state index contributed by atoms with van der Waals surface area (Å²) in [6, 6.07) is 2.60. The van der Waals surface area contributed by atoms with Gasteiger partial charge in [-0.1, -0.05) is 11.6 Å².